The second-order valence-electron chi connectivity index (χ2n) is 8.63. The Kier molecular flexibility index (Phi) is 7.84. The Morgan fingerprint density at radius 3 is 2.69 bits per heavy atom. The van der Waals surface area contributed by atoms with Crippen LogP contribution in [0.2, 0.25) is 0 Å². The van der Waals surface area contributed by atoms with Crippen molar-refractivity contribution in [3.05, 3.63) is 71.3 Å². The van der Waals surface area contributed by atoms with Gasteiger partial charge in [-0.05, 0) is 61.4 Å². The SMILES string of the molecule is CN1C(=O)[C@@H](NC(=O)C(=O)NCCc2ccccc2)COc2ccc(C#CC3=CCCCC3)cc21. The zero-order chi connectivity index (χ0) is 24.6. The van der Waals surface area contributed by atoms with Gasteiger partial charge in [0, 0.05) is 19.2 Å². The van der Waals surface area contributed by atoms with E-state index in [1.807, 2.05) is 42.5 Å². The molecule has 0 unspecified atom stereocenters. The third kappa shape index (κ3) is 6.30. The third-order valence-electron chi connectivity index (χ3n) is 6.07. The molecule has 180 valence electrons. The molecule has 0 aromatic heterocycles. The second kappa shape index (κ2) is 11.4. The van der Waals surface area contributed by atoms with Gasteiger partial charge in [0.2, 0.25) is 0 Å². The number of nitrogens with zero attached hydrogens (tertiary/aromatic N) is 1. The lowest BCUT2D eigenvalue weighted by Gasteiger charge is -2.20. The average Bonchev–Trinajstić information content (AvgIpc) is 3.00. The first kappa shape index (κ1) is 24.1. The molecular weight excluding hydrogens is 442 g/mol. The first-order chi connectivity index (χ1) is 17.0. The van der Waals surface area contributed by atoms with Gasteiger partial charge in [0.15, 0.2) is 0 Å². The Bertz CT molecular complexity index is 1190. The Morgan fingerprint density at radius 2 is 1.91 bits per heavy atom. The summed E-state index contributed by atoms with van der Waals surface area (Å²) in [5.74, 6) is 4.90. The highest BCUT2D eigenvalue weighted by Gasteiger charge is 2.32. The molecular formula is C28H29N3O4. The van der Waals surface area contributed by atoms with Crippen LogP contribution in [0.15, 0.2) is 60.2 Å². The summed E-state index contributed by atoms with van der Waals surface area (Å²) < 4.78 is 5.80. The van der Waals surface area contributed by atoms with E-state index in [2.05, 4.69) is 28.6 Å². The van der Waals surface area contributed by atoms with E-state index in [4.69, 9.17) is 4.74 Å². The van der Waals surface area contributed by atoms with Crippen LogP contribution in [0.3, 0.4) is 0 Å². The van der Waals surface area contributed by atoms with E-state index in [0.29, 0.717) is 24.4 Å². The van der Waals surface area contributed by atoms with Crippen LogP contribution in [0.25, 0.3) is 0 Å². The second-order valence-corrected chi connectivity index (χ2v) is 8.63. The maximum atomic E-state index is 13.0. The van der Waals surface area contributed by atoms with Crippen LogP contribution in [0.5, 0.6) is 5.75 Å². The van der Waals surface area contributed by atoms with Crippen molar-refractivity contribution in [2.75, 3.05) is 25.1 Å². The minimum Gasteiger partial charge on any atom is -0.489 e. The summed E-state index contributed by atoms with van der Waals surface area (Å²) in [6.07, 6.45) is 7.23. The van der Waals surface area contributed by atoms with E-state index < -0.39 is 17.9 Å². The molecule has 0 saturated carbocycles. The molecule has 7 nitrogen and oxygen atoms in total. The molecule has 1 heterocycles. The average molecular weight is 472 g/mol. The largest absolute Gasteiger partial charge is 0.489 e. The highest BCUT2D eigenvalue weighted by Crippen LogP contribution is 2.31. The number of fused-ring (bicyclic) bond motifs is 1. The normalized spacial score (nSPS) is 17.1. The van der Waals surface area contributed by atoms with Gasteiger partial charge in [-0.15, -0.1) is 0 Å². The van der Waals surface area contributed by atoms with Crippen molar-refractivity contribution in [3.8, 4) is 17.6 Å². The maximum Gasteiger partial charge on any atom is 0.310 e. The van der Waals surface area contributed by atoms with Crippen molar-refractivity contribution in [1.82, 2.24) is 10.6 Å². The highest BCUT2D eigenvalue weighted by molar-refractivity contribution is 6.35. The van der Waals surface area contributed by atoms with Crippen LogP contribution in [-0.4, -0.2) is 44.0 Å². The van der Waals surface area contributed by atoms with Crippen LogP contribution in [0.1, 0.15) is 36.8 Å². The van der Waals surface area contributed by atoms with Crippen molar-refractivity contribution in [2.24, 2.45) is 0 Å². The molecule has 0 bridgehead atoms. The van der Waals surface area contributed by atoms with Crippen LogP contribution < -0.4 is 20.3 Å². The third-order valence-corrected chi connectivity index (χ3v) is 6.07. The van der Waals surface area contributed by atoms with E-state index >= 15 is 0 Å². The highest BCUT2D eigenvalue weighted by atomic mass is 16.5. The Labute approximate surface area is 205 Å². The van der Waals surface area contributed by atoms with Crippen LogP contribution in [0, 0.1) is 11.8 Å². The topological polar surface area (TPSA) is 87.7 Å². The number of ether oxygens (including phenoxy) is 1. The summed E-state index contributed by atoms with van der Waals surface area (Å²) in [6, 6.07) is 14.1. The quantitative estimate of drug-likeness (QED) is 0.530. The molecule has 35 heavy (non-hydrogen) atoms. The minimum atomic E-state index is -0.985. The molecule has 1 atom stereocenters. The van der Waals surface area contributed by atoms with Crippen molar-refractivity contribution in [2.45, 2.75) is 38.1 Å². The van der Waals surface area contributed by atoms with Gasteiger partial charge in [-0.25, -0.2) is 0 Å². The number of rotatable bonds is 4. The van der Waals surface area contributed by atoms with Gasteiger partial charge >= 0.3 is 11.8 Å². The summed E-state index contributed by atoms with van der Waals surface area (Å²) in [4.78, 5) is 39.1. The smallest absolute Gasteiger partial charge is 0.310 e. The van der Waals surface area contributed by atoms with Gasteiger partial charge in [0.25, 0.3) is 5.91 Å². The molecule has 2 aliphatic rings. The number of hydrogen-bond acceptors (Lipinski definition) is 4. The van der Waals surface area contributed by atoms with Crippen LogP contribution in [0.4, 0.5) is 5.69 Å². The zero-order valence-corrected chi connectivity index (χ0v) is 19.8. The van der Waals surface area contributed by atoms with Gasteiger partial charge in [-0.3, -0.25) is 14.4 Å². The molecule has 2 aromatic carbocycles. The Balaban J connectivity index is 1.36. The maximum absolute atomic E-state index is 13.0. The lowest BCUT2D eigenvalue weighted by molar-refractivity contribution is -0.140. The standard InChI is InChI=1S/C28H29N3O4/c1-31-24-18-22(13-12-20-8-4-2-5-9-20)14-15-25(24)35-19-23(28(31)34)30-27(33)26(32)29-17-16-21-10-6-3-7-11-21/h3,6-8,10-11,14-15,18,23H,2,4-5,9,16-17,19H2,1H3,(H,29,32)(H,30,33)/t23-/m0/s1. The summed E-state index contributed by atoms with van der Waals surface area (Å²) in [5.41, 5.74) is 3.55. The number of carbonyl (C=O) groups excluding carboxylic acids is 3. The van der Waals surface area contributed by atoms with Gasteiger partial charge in [0.1, 0.15) is 18.4 Å². The zero-order valence-electron chi connectivity index (χ0n) is 19.8. The number of amides is 3. The first-order valence-corrected chi connectivity index (χ1v) is 11.9. The number of anilines is 1. The summed E-state index contributed by atoms with van der Waals surface area (Å²) in [5, 5.41) is 5.09. The fourth-order valence-electron chi connectivity index (χ4n) is 4.05. The predicted molar refractivity (Wildman–Crippen MR) is 134 cm³/mol. The molecule has 1 aliphatic heterocycles. The van der Waals surface area contributed by atoms with E-state index in [1.54, 1.807) is 13.1 Å². The molecule has 0 fully saturated rings. The Hall–Kier alpha value is -4.05. The van der Waals surface area contributed by atoms with Crippen molar-refractivity contribution < 1.29 is 19.1 Å². The molecule has 4 rings (SSSR count). The summed E-state index contributed by atoms with van der Waals surface area (Å²) in [6.45, 7) is 0.245. The Morgan fingerprint density at radius 1 is 1.09 bits per heavy atom. The molecule has 1 aliphatic carbocycles. The molecule has 0 saturated heterocycles. The van der Waals surface area contributed by atoms with E-state index in [-0.39, 0.29) is 12.5 Å². The minimum absolute atomic E-state index is 0.0723. The molecule has 2 N–H and O–H groups in total. The number of carbonyl (C=O) groups is 3. The fraction of sp³-hybridized carbons (Fsp3) is 0.321. The number of allylic oxidation sites excluding steroid dienone is 2. The van der Waals surface area contributed by atoms with Crippen molar-refractivity contribution in [1.29, 1.82) is 0 Å². The molecule has 3 amide bonds. The predicted octanol–water partition coefficient (Wildman–Crippen LogP) is 2.74. The fourth-order valence-corrected chi connectivity index (χ4v) is 4.05. The lowest BCUT2D eigenvalue weighted by Crippen LogP contribution is -2.53. The number of likely N-dealkylation sites (N-methyl/N-ethyl adjacent to an activating group) is 1. The number of hydrogen-bond donors (Lipinski definition) is 2. The molecule has 0 radical (unpaired) electrons. The van der Waals surface area contributed by atoms with Gasteiger partial charge in [-0.1, -0.05) is 48.2 Å². The van der Waals surface area contributed by atoms with Crippen LogP contribution >= 0.6 is 0 Å². The van der Waals surface area contributed by atoms with Gasteiger partial charge < -0.3 is 20.3 Å². The summed E-state index contributed by atoms with van der Waals surface area (Å²) in [7, 11) is 1.62. The molecule has 2 aromatic rings. The molecule has 0 spiro atoms. The van der Waals surface area contributed by atoms with E-state index in [1.165, 1.54) is 11.3 Å². The van der Waals surface area contributed by atoms with Crippen molar-refractivity contribution in [3.63, 3.8) is 0 Å². The first-order valence-electron chi connectivity index (χ1n) is 11.9. The van der Waals surface area contributed by atoms with Gasteiger partial charge in [0.05, 0.1) is 5.69 Å². The van der Waals surface area contributed by atoms with E-state index in [0.717, 1.165) is 36.0 Å². The van der Waals surface area contributed by atoms with Crippen LogP contribution in [-0.2, 0) is 20.8 Å². The monoisotopic (exact) mass is 471 g/mol. The molecule has 7 heteroatoms. The number of nitrogens with one attached hydrogen (secondary N) is 2. The number of benzene rings is 2. The summed E-state index contributed by atoms with van der Waals surface area (Å²) >= 11 is 0. The van der Waals surface area contributed by atoms with E-state index in [9.17, 15) is 14.4 Å². The lowest BCUT2D eigenvalue weighted by atomic mass is 10.00. The van der Waals surface area contributed by atoms with Crippen molar-refractivity contribution >= 4 is 23.4 Å². The van der Waals surface area contributed by atoms with Gasteiger partial charge in [-0.2, -0.15) is 0 Å².